The number of alkyl halides is 8. The maximum atomic E-state index is 13.0. The number of aliphatic imine (C=N–C) groups is 3. The lowest BCUT2D eigenvalue weighted by Gasteiger charge is -2.18. The van der Waals surface area contributed by atoms with Gasteiger partial charge in [-0.2, -0.15) is 35.1 Å². The largest absolute Gasteiger partial charge is 0.455 e. The third-order valence-corrected chi connectivity index (χ3v) is 3.51. The first-order valence-electron chi connectivity index (χ1n) is 7.55. The Hall–Kier alpha value is -3.12. The lowest BCUT2D eigenvalue weighted by Crippen LogP contribution is -2.39. The van der Waals surface area contributed by atoms with E-state index >= 15 is 0 Å². The molecular weight excluding hydrogens is 414 g/mol. The van der Waals surface area contributed by atoms with Gasteiger partial charge in [-0.3, -0.25) is 4.99 Å². The Labute approximate surface area is 157 Å². The van der Waals surface area contributed by atoms with Gasteiger partial charge in [0.1, 0.15) is 6.54 Å². The van der Waals surface area contributed by atoms with E-state index in [2.05, 4.69) is 15.0 Å². The Bertz CT molecular complexity index is 922. The fraction of sp³-hybridized carbons (Fsp3) is 0.250. The maximum Gasteiger partial charge on any atom is 0.455 e. The molecule has 3 N–H and O–H groups in total. The number of allylic oxidation sites excluding steroid dienone is 1. The smallest absolute Gasteiger partial charge is 0.397 e. The standard InChI is InChI=1S/C16H11F8N5/c17-14(18,16(22,23)24)7-28-12-6-27-13(3-8(12)5-25)29-11-2-1-9(4-10(11)26)15(19,20)21/h1-6,25H,7,26H2. The van der Waals surface area contributed by atoms with Crippen LogP contribution in [0.2, 0.25) is 0 Å². The molecule has 0 radical (unpaired) electrons. The van der Waals surface area contributed by atoms with Gasteiger partial charge in [0.15, 0.2) is 5.84 Å². The van der Waals surface area contributed by atoms with E-state index in [4.69, 9.17) is 11.1 Å². The van der Waals surface area contributed by atoms with Crippen LogP contribution >= 0.6 is 0 Å². The molecule has 13 heteroatoms. The number of dihydropyridines is 1. The van der Waals surface area contributed by atoms with Gasteiger partial charge in [-0.1, -0.05) is 0 Å². The number of amidine groups is 1. The molecule has 0 atom stereocenters. The highest BCUT2D eigenvalue weighted by molar-refractivity contribution is 6.47. The lowest BCUT2D eigenvalue weighted by atomic mass is 10.1. The molecule has 2 rings (SSSR count). The van der Waals surface area contributed by atoms with Gasteiger partial charge in [-0.15, -0.1) is 0 Å². The predicted octanol–water partition coefficient (Wildman–Crippen LogP) is 4.62. The molecule has 0 saturated heterocycles. The number of benzene rings is 1. The second-order valence-corrected chi connectivity index (χ2v) is 5.65. The second kappa shape index (κ2) is 7.72. The summed E-state index contributed by atoms with van der Waals surface area (Å²) in [5, 5.41) is 7.24. The van der Waals surface area contributed by atoms with Gasteiger partial charge < -0.3 is 11.1 Å². The number of hydrogen-bond acceptors (Lipinski definition) is 4. The fourth-order valence-corrected chi connectivity index (χ4v) is 1.99. The minimum Gasteiger partial charge on any atom is -0.397 e. The van der Waals surface area contributed by atoms with Gasteiger partial charge in [0.2, 0.25) is 0 Å². The second-order valence-electron chi connectivity index (χ2n) is 5.65. The first kappa shape index (κ1) is 22.2. The molecule has 1 aromatic carbocycles. The summed E-state index contributed by atoms with van der Waals surface area (Å²) in [5.74, 6) is -5.24. The normalized spacial score (nSPS) is 18.3. The Morgan fingerprint density at radius 3 is 2.24 bits per heavy atom. The van der Waals surface area contributed by atoms with Gasteiger partial charge in [-0.05, 0) is 24.3 Å². The van der Waals surface area contributed by atoms with Gasteiger partial charge in [-0.25, -0.2) is 9.98 Å². The number of nitrogens with two attached hydrogens (primary N) is 1. The summed E-state index contributed by atoms with van der Waals surface area (Å²) in [5.41, 5.74) is 3.53. The number of rotatable bonds is 4. The van der Waals surface area contributed by atoms with E-state index in [9.17, 15) is 35.1 Å². The highest BCUT2D eigenvalue weighted by atomic mass is 19.4. The van der Waals surface area contributed by atoms with Gasteiger partial charge in [0.25, 0.3) is 0 Å². The van der Waals surface area contributed by atoms with Crippen molar-refractivity contribution in [3.63, 3.8) is 0 Å². The minimum absolute atomic E-state index is 0.0882. The Balaban J connectivity index is 2.30. The van der Waals surface area contributed by atoms with Crippen LogP contribution in [0.3, 0.4) is 0 Å². The van der Waals surface area contributed by atoms with Crippen LogP contribution in [0, 0.1) is 5.41 Å². The highest BCUT2D eigenvalue weighted by Gasteiger charge is 2.57. The van der Waals surface area contributed by atoms with Crippen molar-refractivity contribution in [3.05, 3.63) is 35.4 Å². The Morgan fingerprint density at radius 1 is 1.07 bits per heavy atom. The van der Waals surface area contributed by atoms with E-state index in [1.807, 2.05) is 0 Å². The molecule has 156 valence electrons. The molecule has 1 aliphatic rings. The van der Waals surface area contributed by atoms with Crippen molar-refractivity contribution < 1.29 is 35.1 Å². The zero-order valence-corrected chi connectivity index (χ0v) is 14.1. The number of hydrogen-bond donors (Lipinski definition) is 2. The van der Waals surface area contributed by atoms with Crippen molar-refractivity contribution in [2.75, 3.05) is 12.3 Å². The van der Waals surface area contributed by atoms with Crippen LogP contribution < -0.4 is 5.73 Å². The third-order valence-electron chi connectivity index (χ3n) is 3.51. The molecule has 0 saturated carbocycles. The van der Waals surface area contributed by atoms with Crippen LogP contribution in [0.5, 0.6) is 0 Å². The van der Waals surface area contributed by atoms with E-state index in [1.165, 1.54) is 0 Å². The first-order chi connectivity index (χ1) is 13.2. The van der Waals surface area contributed by atoms with Crippen molar-refractivity contribution in [1.82, 2.24) is 0 Å². The molecule has 0 aliphatic carbocycles. The van der Waals surface area contributed by atoms with Crippen molar-refractivity contribution in [2.45, 2.75) is 18.3 Å². The van der Waals surface area contributed by atoms with Crippen LogP contribution in [0.1, 0.15) is 5.56 Å². The van der Waals surface area contributed by atoms with Gasteiger partial charge in [0, 0.05) is 11.8 Å². The number of anilines is 1. The summed E-state index contributed by atoms with van der Waals surface area (Å²) in [6, 6.07) is 2.36. The molecule has 1 heterocycles. The summed E-state index contributed by atoms with van der Waals surface area (Å²) in [4.78, 5) is 10.7. The van der Waals surface area contributed by atoms with Crippen molar-refractivity contribution in [2.24, 2.45) is 15.0 Å². The Morgan fingerprint density at radius 2 is 1.72 bits per heavy atom. The molecule has 0 aromatic heterocycles. The number of halogens is 8. The van der Waals surface area contributed by atoms with Crippen LogP contribution in [0.4, 0.5) is 46.5 Å². The zero-order valence-electron chi connectivity index (χ0n) is 14.1. The van der Waals surface area contributed by atoms with E-state index in [1.54, 1.807) is 0 Å². The molecule has 0 amide bonds. The SMILES string of the molecule is N=CC1=CC(=Nc2ccc(C(F)(F)F)cc2N)N=CC1=NCC(F)(F)C(F)(F)F. The summed E-state index contributed by atoms with van der Waals surface area (Å²) < 4.78 is 100. The Kier molecular flexibility index (Phi) is 5.90. The first-order valence-corrected chi connectivity index (χ1v) is 7.55. The molecule has 29 heavy (non-hydrogen) atoms. The molecule has 0 unspecified atom stereocenters. The van der Waals surface area contributed by atoms with E-state index in [0.29, 0.717) is 12.3 Å². The number of nitrogens with one attached hydrogen (secondary N) is 1. The van der Waals surface area contributed by atoms with Crippen LogP contribution in [0.25, 0.3) is 0 Å². The molecule has 1 aliphatic heterocycles. The van der Waals surface area contributed by atoms with Crippen LogP contribution in [0.15, 0.2) is 44.8 Å². The number of nitrogens with zero attached hydrogens (tertiary/aromatic N) is 3. The zero-order chi connectivity index (χ0) is 22.0. The van der Waals surface area contributed by atoms with Gasteiger partial charge in [0.05, 0.1) is 28.9 Å². The maximum absolute atomic E-state index is 13.0. The minimum atomic E-state index is -5.79. The van der Waals surface area contributed by atoms with Crippen molar-refractivity contribution >= 4 is 35.4 Å². The van der Waals surface area contributed by atoms with Crippen LogP contribution in [-0.2, 0) is 6.18 Å². The molecule has 0 spiro atoms. The molecular formula is C16H11F8N5. The quantitative estimate of drug-likeness (QED) is 0.412. The summed E-state index contributed by atoms with van der Waals surface area (Å²) >= 11 is 0. The summed E-state index contributed by atoms with van der Waals surface area (Å²) in [6.45, 7) is -1.90. The number of nitrogen functional groups attached to an aromatic ring is 1. The molecule has 1 aromatic rings. The average Bonchev–Trinajstić information content (AvgIpc) is 2.60. The summed E-state index contributed by atoms with van der Waals surface area (Å²) in [7, 11) is 0. The lowest BCUT2D eigenvalue weighted by molar-refractivity contribution is -0.276. The van der Waals surface area contributed by atoms with E-state index in [-0.39, 0.29) is 22.8 Å². The highest BCUT2D eigenvalue weighted by Crippen LogP contribution is 2.36. The van der Waals surface area contributed by atoms with E-state index in [0.717, 1.165) is 24.4 Å². The molecule has 5 nitrogen and oxygen atoms in total. The topological polar surface area (TPSA) is 87.0 Å². The van der Waals surface area contributed by atoms with E-state index < -0.39 is 36.1 Å². The summed E-state index contributed by atoms with van der Waals surface area (Å²) in [6.07, 6.45) is -7.92. The molecule has 0 fully saturated rings. The fourth-order valence-electron chi connectivity index (χ4n) is 1.99. The van der Waals surface area contributed by atoms with Crippen molar-refractivity contribution in [1.29, 1.82) is 5.41 Å². The van der Waals surface area contributed by atoms with Crippen molar-refractivity contribution in [3.8, 4) is 0 Å². The predicted molar refractivity (Wildman–Crippen MR) is 91.6 cm³/mol. The van der Waals surface area contributed by atoms with Gasteiger partial charge >= 0.3 is 18.3 Å². The van der Waals surface area contributed by atoms with Crippen LogP contribution in [-0.4, -0.2) is 42.6 Å². The third kappa shape index (κ3) is 5.23. The average molecular weight is 425 g/mol. The molecule has 0 bridgehead atoms. The monoisotopic (exact) mass is 425 g/mol.